The highest BCUT2D eigenvalue weighted by molar-refractivity contribution is 6.18. The normalized spacial score (nSPS) is 33.1. The van der Waals surface area contributed by atoms with Crippen LogP contribution in [0.2, 0.25) is 0 Å². The van der Waals surface area contributed by atoms with Crippen molar-refractivity contribution in [2.75, 3.05) is 12.4 Å². The van der Waals surface area contributed by atoms with Gasteiger partial charge in [-0.3, -0.25) is 4.79 Å². The van der Waals surface area contributed by atoms with Crippen molar-refractivity contribution in [2.45, 2.75) is 39.5 Å². The zero-order valence-electron chi connectivity index (χ0n) is 10.3. The molecule has 0 aromatic rings. The van der Waals surface area contributed by atoms with Gasteiger partial charge in [-0.2, -0.15) is 0 Å². The van der Waals surface area contributed by atoms with Crippen LogP contribution < -0.4 is 5.32 Å². The molecule has 3 unspecified atom stereocenters. The molecule has 2 aliphatic carbocycles. The predicted octanol–water partition coefficient (Wildman–Crippen LogP) is 2.80. The van der Waals surface area contributed by atoms with Gasteiger partial charge >= 0.3 is 0 Å². The number of alkyl halides is 1. The highest BCUT2D eigenvalue weighted by atomic mass is 35.5. The molecule has 1 amide bonds. The van der Waals surface area contributed by atoms with Gasteiger partial charge in [-0.05, 0) is 36.5 Å². The summed E-state index contributed by atoms with van der Waals surface area (Å²) in [7, 11) is 0. The van der Waals surface area contributed by atoms with Crippen molar-refractivity contribution in [1.29, 1.82) is 0 Å². The Labute approximate surface area is 103 Å². The first-order valence-electron chi connectivity index (χ1n) is 6.35. The van der Waals surface area contributed by atoms with Crippen LogP contribution in [-0.4, -0.2) is 18.3 Å². The number of rotatable bonds is 4. The SMILES string of the molecule is CC(C)(CCl)CNC(=O)C1CC2CCC1C2. The van der Waals surface area contributed by atoms with E-state index in [2.05, 4.69) is 19.2 Å². The zero-order valence-corrected chi connectivity index (χ0v) is 11.0. The topological polar surface area (TPSA) is 29.1 Å². The molecule has 0 aliphatic heterocycles. The van der Waals surface area contributed by atoms with Crippen molar-refractivity contribution in [3.8, 4) is 0 Å². The number of fused-ring (bicyclic) bond motifs is 2. The number of amides is 1. The maximum atomic E-state index is 12.0. The van der Waals surface area contributed by atoms with Crippen molar-refractivity contribution in [2.24, 2.45) is 23.2 Å². The Morgan fingerprint density at radius 3 is 2.62 bits per heavy atom. The largest absolute Gasteiger partial charge is 0.355 e. The minimum absolute atomic E-state index is 0.00876. The van der Waals surface area contributed by atoms with Crippen molar-refractivity contribution >= 4 is 17.5 Å². The van der Waals surface area contributed by atoms with Crippen LogP contribution in [-0.2, 0) is 4.79 Å². The summed E-state index contributed by atoms with van der Waals surface area (Å²) in [5.74, 6) is 2.66. The van der Waals surface area contributed by atoms with E-state index in [1.807, 2.05) is 0 Å². The molecule has 92 valence electrons. The minimum Gasteiger partial charge on any atom is -0.355 e. The summed E-state index contributed by atoms with van der Waals surface area (Å²) in [5, 5.41) is 3.08. The molecule has 0 radical (unpaired) electrons. The molecule has 2 fully saturated rings. The Balaban J connectivity index is 1.81. The first kappa shape index (κ1) is 12.2. The molecule has 1 N–H and O–H groups in total. The van der Waals surface area contributed by atoms with Crippen molar-refractivity contribution in [1.82, 2.24) is 5.32 Å². The van der Waals surface area contributed by atoms with Crippen LogP contribution in [0.25, 0.3) is 0 Å². The number of hydrogen-bond donors (Lipinski definition) is 1. The molecule has 2 saturated carbocycles. The smallest absolute Gasteiger partial charge is 0.223 e. The Kier molecular flexibility index (Phi) is 3.48. The van der Waals surface area contributed by atoms with Gasteiger partial charge in [0.1, 0.15) is 0 Å². The third kappa shape index (κ3) is 2.53. The quantitative estimate of drug-likeness (QED) is 0.756. The fraction of sp³-hybridized carbons (Fsp3) is 0.923. The molecule has 0 aromatic heterocycles. The monoisotopic (exact) mass is 243 g/mol. The fourth-order valence-corrected chi connectivity index (χ4v) is 3.17. The van der Waals surface area contributed by atoms with Gasteiger partial charge in [-0.15, -0.1) is 11.6 Å². The number of carbonyl (C=O) groups is 1. The second-order valence-electron chi connectivity index (χ2n) is 6.30. The van der Waals surface area contributed by atoms with Crippen molar-refractivity contribution in [3.05, 3.63) is 0 Å². The molecule has 2 nitrogen and oxygen atoms in total. The summed E-state index contributed by atoms with van der Waals surface area (Å²) in [6, 6.07) is 0. The third-order valence-electron chi connectivity index (χ3n) is 4.18. The van der Waals surface area contributed by atoms with Crippen LogP contribution >= 0.6 is 11.6 Å². The summed E-state index contributed by atoms with van der Waals surface area (Å²) >= 11 is 5.85. The molecule has 2 bridgehead atoms. The Bertz CT molecular complexity index is 277. The number of nitrogens with one attached hydrogen (secondary N) is 1. The molecular weight excluding hydrogens is 222 g/mol. The second kappa shape index (κ2) is 4.56. The number of halogens is 1. The van der Waals surface area contributed by atoms with E-state index in [4.69, 9.17) is 11.6 Å². The first-order valence-corrected chi connectivity index (χ1v) is 6.89. The zero-order chi connectivity index (χ0) is 11.8. The highest BCUT2D eigenvalue weighted by Gasteiger charge is 2.43. The summed E-state index contributed by atoms with van der Waals surface area (Å²) < 4.78 is 0. The van der Waals surface area contributed by atoms with Gasteiger partial charge in [-0.1, -0.05) is 20.3 Å². The molecule has 16 heavy (non-hydrogen) atoms. The van der Waals surface area contributed by atoms with Crippen LogP contribution in [0.1, 0.15) is 39.5 Å². The van der Waals surface area contributed by atoms with Crippen LogP contribution in [0.5, 0.6) is 0 Å². The van der Waals surface area contributed by atoms with Gasteiger partial charge in [0.05, 0.1) is 0 Å². The van der Waals surface area contributed by atoms with Gasteiger partial charge < -0.3 is 5.32 Å². The van der Waals surface area contributed by atoms with Crippen LogP contribution in [0.15, 0.2) is 0 Å². The third-order valence-corrected chi connectivity index (χ3v) is 4.90. The van der Waals surface area contributed by atoms with E-state index >= 15 is 0 Å². The van der Waals surface area contributed by atoms with Gasteiger partial charge in [0.25, 0.3) is 0 Å². The second-order valence-corrected chi connectivity index (χ2v) is 6.56. The molecule has 3 atom stereocenters. The van der Waals surface area contributed by atoms with Crippen LogP contribution in [0, 0.1) is 23.2 Å². The van der Waals surface area contributed by atoms with Gasteiger partial charge in [0.2, 0.25) is 5.91 Å². The molecule has 3 heteroatoms. The minimum atomic E-state index is 0.00876. The molecule has 0 heterocycles. The van der Waals surface area contributed by atoms with Crippen molar-refractivity contribution < 1.29 is 4.79 Å². The molecule has 2 aliphatic rings. The lowest BCUT2D eigenvalue weighted by molar-refractivity contribution is -0.126. The van der Waals surface area contributed by atoms with E-state index in [9.17, 15) is 4.79 Å². The molecular formula is C13H22ClNO. The average Bonchev–Trinajstić information content (AvgIpc) is 2.87. The summed E-state index contributed by atoms with van der Waals surface area (Å²) in [5.41, 5.74) is 0.00876. The van der Waals surface area contributed by atoms with Gasteiger partial charge in [0.15, 0.2) is 0 Å². The molecule has 0 aromatic carbocycles. The van der Waals surface area contributed by atoms with Gasteiger partial charge in [0, 0.05) is 18.3 Å². The van der Waals surface area contributed by atoms with E-state index < -0.39 is 0 Å². The van der Waals surface area contributed by atoms with E-state index in [-0.39, 0.29) is 11.3 Å². The summed E-state index contributed by atoms with van der Waals surface area (Å²) in [6.07, 6.45) is 5.03. The Hall–Kier alpha value is -0.240. The summed E-state index contributed by atoms with van der Waals surface area (Å²) in [6.45, 7) is 4.87. The molecule has 2 rings (SSSR count). The fourth-order valence-electron chi connectivity index (χ4n) is 3.07. The number of carbonyl (C=O) groups excluding carboxylic acids is 1. The molecule has 0 spiro atoms. The summed E-state index contributed by atoms with van der Waals surface area (Å²) in [4.78, 5) is 12.0. The van der Waals surface area contributed by atoms with E-state index in [0.29, 0.717) is 24.3 Å². The first-order chi connectivity index (χ1) is 7.52. The molecule has 0 saturated heterocycles. The lowest BCUT2D eigenvalue weighted by Gasteiger charge is -2.25. The van der Waals surface area contributed by atoms with Crippen molar-refractivity contribution in [3.63, 3.8) is 0 Å². The standard InChI is InChI=1S/C13H22ClNO/c1-13(2,7-14)8-15-12(16)11-6-9-3-4-10(11)5-9/h9-11H,3-8H2,1-2H3,(H,15,16). The van der Waals surface area contributed by atoms with E-state index in [1.54, 1.807) is 0 Å². The maximum Gasteiger partial charge on any atom is 0.223 e. The predicted molar refractivity (Wildman–Crippen MR) is 66.4 cm³/mol. The Morgan fingerprint density at radius 1 is 1.38 bits per heavy atom. The maximum absolute atomic E-state index is 12.0. The van der Waals surface area contributed by atoms with E-state index in [1.165, 1.54) is 19.3 Å². The average molecular weight is 244 g/mol. The lowest BCUT2D eigenvalue weighted by atomic mass is 9.87. The number of hydrogen-bond acceptors (Lipinski definition) is 1. The van der Waals surface area contributed by atoms with E-state index in [0.717, 1.165) is 12.3 Å². The highest BCUT2D eigenvalue weighted by Crippen LogP contribution is 2.48. The van der Waals surface area contributed by atoms with Gasteiger partial charge in [-0.25, -0.2) is 0 Å². The Morgan fingerprint density at radius 2 is 2.12 bits per heavy atom. The van der Waals surface area contributed by atoms with Crippen LogP contribution in [0.4, 0.5) is 0 Å². The lowest BCUT2D eigenvalue weighted by Crippen LogP contribution is -2.39. The van der Waals surface area contributed by atoms with Crippen LogP contribution in [0.3, 0.4) is 0 Å².